The molecular formula is C18H23NO6. The van der Waals surface area contributed by atoms with Crippen LogP contribution in [-0.2, 0) is 0 Å². The molecule has 136 valence electrons. The summed E-state index contributed by atoms with van der Waals surface area (Å²) in [5.41, 5.74) is 0. The normalized spacial score (nSPS) is 10.6. The molecule has 2 aromatic rings. The van der Waals surface area contributed by atoms with Crippen molar-refractivity contribution in [3.63, 3.8) is 0 Å². The first-order valence-corrected chi connectivity index (χ1v) is 8.08. The number of nitrogens with one attached hydrogen (secondary N) is 1. The average Bonchev–Trinajstić information content (AvgIpc) is 2.60. The maximum absolute atomic E-state index is 9.59. The Hall–Kier alpha value is -2.80. The average molecular weight is 349 g/mol. The molecular weight excluding hydrogens is 326 g/mol. The summed E-state index contributed by atoms with van der Waals surface area (Å²) in [5, 5.41) is 41.1. The topological polar surface area (TPSA) is 111 Å². The summed E-state index contributed by atoms with van der Waals surface area (Å²) in [6.07, 6.45) is 1.48. The molecule has 0 saturated heterocycles. The lowest BCUT2D eigenvalue weighted by molar-refractivity contribution is 0.278. The van der Waals surface area contributed by atoms with E-state index < -0.39 is 0 Å². The number of para-hydroxylation sites is 2. The minimum Gasteiger partial charge on any atom is -0.504 e. The molecule has 2 aromatic carbocycles. The van der Waals surface area contributed by atoms with E-state index in [4.69, 9.17) is 9.47 Å². The van der Waals surface area contributed by atoms with Gasteiger partial charge in [-0.25, -0.2) is 0 Å². The molecule has 0 aliphatic carbocycles. The van der Waals surface area contributed by atoms with Crippen molar-refractivity contribution < 1.29 is 29.9 Å². The molecule has 7 heteroatoms. The van der Waals surface area contributed by atoms with E-state index in [1.807, 2.05) is 0 Å². The molecule has 0 aliphatic heterocycles. The molecule has 0 fully saturated rings. The van der Waals surface area contributed by atoms with Crippen LogP contribution in [0.3, 0.4) is 0 Å². The minimum atomic E-state index is -0.247. The molecule has 7 nitrogen and oxygen atoms in total. The lowest BCUT2D eigenvalue weighted by atomic mass is 10.3. The van der Waals surface area contributed by atoms with Gasteiger partial charge in [0.15, 0.2) is 23.0 Å². The fourth-order valence-electron chi connectivity index (χ4n) is 2.14. The largest absolute Gasteiger partial charge is 0.504 e. The number of phenols is 4. The maximum Gasteiger partial charge on any atom is 0.200 e. The first-order valence-electron chi connectivity index (χ1n) is 8.08. The summed E-state index contributed by atoms with van der Waals surface area (Å²) in [6.45, 7) is 2.29. The van der Waals surface area contributed by atoms with Gasteiger partial charge < -0.3 is 35.2 Å². The fraction of sp³-hybridized carbons (Fsp3) is 0.333. The van der Waals surface area contributed by atoms with Gasteiger partial charge >= 0.3 is 0 Å². The Morgan fingerprint density at radius 3 is 1.56 bits per heavy atom. The molecule has 0 spiro atoms. The Morgan fingerprint density at radius 1 is 0.680 bits per heavy atom. The third kappa shape index (κ3) is 5.65. The molecule has 0 saturated carbocycles. The van der Waals surface area contributed by atoms with Gasteiger partial charge in [0.25, 0.3) is 0 Å². The number of ether oxygens (including phenoxy) is 2. The second-order valence-electron chi connectivity index (χ2n) is 5.40. The first kappa shape index (κ1) is 18.5. The van der Waals surface area contributed by atoms with E-state index in [-0.39, 0.29) is 34.5 Å². The minimum absolute atomic E-state index is 0.201. The molecule has 0 radical (unpaired) electrons. The monoisotopic (exact) mass is 349 g/mol. The van der Waals surface area contributed by atoms with Crippen LogP contribution in [0.1, 0.15) is 12.8 Å². The van der Waals surface area contributed by atoms with E-state index in [1.165, 1.54) is 12.1 Å². The zero-order valence-electron chi connectivity index (χ0n) is 13.8. The number of rotatable bonds is 10. The summed E-state index contributed by atoms with van der Waals surface area (Å²) in [4.78, 5) is 0. The molecule has 0 unspecified atom stereocenters. The van der Waals surface area contributed by atoms with Crippen molar-refractivity contribution in [2.24, 2.45) is 0 Å². The van der Waals surface area contributed by atoms with E-state index in [2.05, 4.69) is 5.32 Å². The highest BCUT2D eigenvalue weighted by Crippen LogP contribution is 2.35. The quantitative estimate of drug-likeness (QED) is 0.331. The SMILES string of the molecule is Oc1cccc(OCCCNCCCOc2cccc(O)c2O)c1O. The van der Waals surface area contributed by atoms with Gasteiger partial charge in [0.2, 0.25) is 11.5 Å². The van der Waals surface area contributed by atoms with Crippen LogP contribution in [0.25, 0.3) is 0 Å². The van der Waals surface area contributed by atoms with Gasteiger partial charge in [-0.15, -0.1) is 0 Å². The highest BCUT2D eigenvalue weighted by molar-refractivity contribution is 5.49. The zero-order valence-corrected chi connectivity index (χ0v) is 13.8. The lowest BCUT2D eigenvalue weighted by Gasteiger charge is -2.10. The van der Waals surface area contributed by atoms with Crippen LogP contribution in [0.15, 0.2) is 36.4 Å². The van der Waals surface area contributed by atoms with Crippen LogP contribution >= 0.6 is 0 Å². The van der Waals surface area contributed by atoms with Gasteiger partial charge in [-0.05, 0) is 50.2 Å². The van der Waals surface area contributed by atoms with Crippen molar-refractivity contribution in [2.45, 2.75) is 12.8 Å². The van der Waals surface area contributed by atoms with E-state index in [9.17, 15) is 20.4 Å². The van der Waals surface area contributed by atoms with Crippen molar-refractivity contribution in [2.75, 3.05) is 26.3 Å². The van der Waals surface area contributed by atoms with Gasteiger partial charge in [0, 0.05) is 0 Å². The van der Waals surface area contributed by atoms with Crippen molar-refractivity contribution in [3.8, 4) is 34.5 Å². The Morgan fingerprint density at radius 2 is 1.12 bits per heavy atom. The maximum atomic E-state index is 9.59. The molecule has 0 amide bonds. The van der Waals surface area contributed by atoms with Gasteiger partial charge in [-0.1, -0.05) is 12.1 Å². The molecule has 0 atom stereocenters. The van der Waals surface area contributed by atoms with E-state index in [0.29, 0.717) is 13.2 Å². The molecule has 2 rings (SSSR count). The molecule has 0 heterocycles. The number of hydrogen-bond acceptors (Lipinski definition) is 7. The lowest BCUT2D eigenvalue weighted by Crippen LogP contribution is -2.20. The number of phenolic OH excluding ortho intramolecular Hbond substituents is 4. The highest BCUT2D eigenvalue weighted by atomic mass is 16.5. The van der Waals surface area contributed by atoms with Gasteiger partial charge in [0.05, 0.1) is 13.2 Å². The Kier molecular flexibility index (Phi) is 7.03. The summed E-state index contributed by atoms with van der Waals surface area (Å²) in [7, 11) is 0. The standard InChI is InChI=1S/C18H23NO6/c20-13-5-1-7-15(17(13)22)24-11-3-9-19-10-4-12-25-16-8-2-6-14(21)18(16)23/h1-2,5-8,19-23H,3-4,9-12H2. The van der Waals surface area contributed by atoms with E-state index >= 15 is 0 Å². The third-order valence-corrected chi connectivity index (χ3v) is 3.47. The van der Waals surface area contributed by atoms with Crippen LogP contribution < -0.4 is 14.8 Å². The summed E-state index contributed by atoms with van der Waals surface area (Å²) in [5.74, 6) is -0.369. The molecule has 5 N–H and O–H groups in total. The van der Waals surface area contributed by atoms with Crippen LogP contribution in [0.4, 0.5) is 0 Å². The predicted octanol–water partition coefficient (Wildman–Crippen LogP) is 2.34. The summed E-state index contributed by atoms with van der Waals surface area (Å²) < 4.78 is 10.8. The number of aromatic hydroxyl groups is 4. The van der Waals surface area contributed by atoms with Crippen molar-refractivity contribution in [1.29, 1.82) is 0 Å². The molecule has 0 bridgehead atoms. The molecule has 0 aromatic heterocycles. The Balaban J connectivity index is 1.52. The fourth-order valence-corrected chi connectivity index (χ4v) is 2.14. The molecule has 0 aliphatic rings. The predicted molar refractivity (Wildman–Crippen MR) is 92.6 cm³/mol. The second-order valence-corrected chi connectivity index (χ2v) is 5.40. The third-order valence-electron chi connectivity index (χ3n) is 3.47. The first-order chi connectivity index (χ1) is 12.1. The Bertz CT molecular complexity index is 619. The summed E-state index contributed by atoms with van der Waals surface area (Å²) in [6, 6.07) is 9.18. The van der Waals surface area contributed by atoms with Crippen LogP contribution in [0.2, 0.25) is 0 Å². The van der Waals surface area contributed by atoms with E-state index in [0.717, 1.165) is 25.9 Å². The smallest absolute Gasteiger partial charge is 0.200 e. The van der Waals surface area contributed by atoms with Gasteiger partial charge in [-0.2, -0.15) is 0 Å². The van der Waals surface area contributed by atoms with Crippen molar-refractivity contribution in [3.05, 3.63) is 36.4 Å². The number of hydrogen-bond donors (Lipinski definition) is 5. The van der Waals surface area contributed by atoms with Gasteiger partial charge in [0.1, 0.15) is 0 Å². The summed E-state index contributed by atoms with van der Waals surface area (Å²) >= 11 is 0. The van der Waals surface area contributed by atoms with Crippen LogP contribution in [0, 0.1) is 0 Å². The Labute approximate surface area is 146 Å². The molecule has 25 heavy (non-hydrogen) atoms. The zero-order chi connectivity index (χ0) is 18.1. The highest BCUT2D eigenvalue weighted by Gasteiger charge is 2.07. The van der Waals surface area contributed by atoms with Crippen LogP contribution in [-0.4, -0.2) is 46.7 Å². The van der Waals surface area contributed by atoms with E-state index in [1.54, 1.807) is 24.3 Å². The van der Waals surface area contributed by atoms with Crippen molar-refractivity contribution in [1.82, 2.24) is 5.32 Å². The second kappa shape index (κ2) is 9.48. The number of benzene rings is 2. The van der Waals surface area contributed by atoms with Crippen molar-refractivity contribution >= 4 is 0 Å². The van der Waals surface area contributed by atoms with Crippen LogP contribution in [0.5, 0.6) is 34.5 Å². The van der Waals surface area contributed by atoms with Gasteiger partial charge in [-0.3, -0.25) is 0 Å².